The van der Waals surface area contributed by atoms with Crippen LogP contribution in [-0.4, -0.2) is 42.4 Å². The van der Waals surface area contributed by atoms with Gasteiger partial charge in [-0.1, -0.05) is 99.7 Å². The average molecular weight is 747 g/mol. The molecular formula is C41H42N6O4S2. The first-order chi connectivity index (χ1) is 25.6. The molecule has 2 aromatic heterocycles. The molecule has 0 aliphatic rings. The van der Waals surface area contributed by atoms with Gasteiger partial charge in [0.1, 0.15) is 0 Å². The Balaban J connectivity index is 1.18. The molecule has 0 spiro atoms. The van der Waals surface area contributed by atoms with Gasteiger partial charge in [-0.05, 0) is 77.9 Å². The average Bonchev–Trinajstić information content (AvgIpc) is 3.15. The molecule has 12 heteroatoms. The summed E-state index contributed by atoms with van der Waals surface area (Å²) in [6, 6.07) is 29.8. The van der Waals surface area contributed by atoms with Crippen molar-refractivity contribution in [3.05, 3.63) is 129 Å². The highest BCUT2D eigenvalue weighted by atomic mass is 32.2. The van der Waals surface area contributed by atoms with Crippen LogP contribution in [0.2, 0.25) is 0 Å². The maximum atomic E-state index is 13.8. The number of rotatable bonds is 14. The molecule has 0 unspecified atom stereocenters. The quantitative estimate of drug-likeness (QED) is 0.0851. The van der Waals surface area contributed by atoms with Crippen LogP contribution in [0.25, 0.3) is 21.8 Å². The van der Waals surface area contributed by atoms with E-state index in [0.717, 1.165) is 0 Å². The van der Waals surface area contributed by atoms with Gasteiger partial charge in [-0.15, -0.1) is 0 Å². The Labute approximate surface area is 316 Å². The number of hydrogen-bond donors (Lipinski definition) is 2. The minimum absolute atomic E-state index is 0.0511. The largest absolute Gasteiger partial charge is 0.325 e. The van der Waals surface area contributed by atoms with Crippen LogP contribution < -0.4 is 21.8 Å². The molecule has 0 atom stereocenters. The predicted octanol–water partition coefficient (Wildman–Crippen LogP) is 7.91. The third kappa shape index (κ3) is 9.24. The second-order valence-electron chi connectivity index (χ2n) is 13.3. The van der Waals surface area contributed by atoms with Crippen molar-refractivity contribution in [2.75, 3.05) is 22.1 Å². The molecular weight excluding hydrogens is 705 g/mol. The number of aromatic nitrogens is 4. The number of anilines is 2. The van der Waals surface area contributed by atoms with Gasteiger partial charge in [0, 0.05) is 24.5 Å². The lowest BCUT2D eigenvalue weighted by Gasteiger charge is -2.16. The summed E-state index contributed by atoms with van der Waals surface area (Å²) in [6.07, 6.45) is 0.393. The lowest BCUT2D eigenvalue weighted by atomic mass is 10.0. The second kappa shape index (κ2) is 17.1. The zero-order chi connectivity index (χ0) is 37.5. The Morgan fingerprint density at radius 3 is 1.34 bits per heavy atom. The van der Waals surface area contributed by atoms with Gasteiger partial charge in [-0.2, -0.15) is 0 Å². The first-order valence-corrected chi connectivity index (χ1v) is 19.6. The van der Waals surface area contributed by atoms with Crippen molar-refractivity contribution in [1.29, 1.82) is 0 Å². The van der Waals surface area contributed by atoms with E-state index in [1.54, 1.807) is 45.5 Å². The van der Waals surface area contributed by atoms with Crippen molar-refractivity contribution in [3.8, 4) is 0 Å². The van der Waals surface area contributed by atoms with Crippen molar-refractivity contribution in [1.82, 2.24) is 19.1 Å². The van der Waals surface area contributed by atoms with E-state index in [2.05, 4.69) is 38.3 Å². The summed E-state index contributed by atoms with van der Waals surface area (Å²) in [5, 5.41) is 7.62. The number of benzene rings is 4. The first-order valence-electron chi connectivity index (χ1n) is 17.6. The molecule has 272 valence electrons. The summed E-state index contributed by atoms with van der Waals surface area (Å²) in [5.74, 6) is 0.446. The van der Waals surface area contributed by atoms with Crippen molar-refractivity contribution in [2.45, 2.75) is 69.4 Å². The molecule has 0 saturated heterocycles. The van der Waals surface area contributed by atoms with Crippen LogP contribution in [0, 0.1) is 0 Å². The lowest BCUT2D eigenvalue weighted by Crippen LogP contribution is -2.27. The van der Waals surface area contributed by atoms with E-state index in [1.807, 2.05) is 60.7 Å². The maximum Gasteiger partial charge on any atom is 0.262 e. The van der Waals surface area contributed by atoms with Crippen molar-refractivity contribution < 1.29 is 9.59 Å². The number of fused-ring (bicyclic) bond motifs is 2. The van der Waals surface area contributed by atoms with E-state index in [-0.39, 0.29) is 47.5 Å². The standard InChI is InChI=1S/C41H42N6O4S2/c1-26(2)28-14-18-30(19-15-28)42-36(48)24-52-40-44-34-12-7-5-10-32(34)38(50)46(40)22-9-23-47-39(51)33-11-6-8-13-35(33)45-41(47)53-25-37(49)43-31-20-16-29(17-21-31)27(3)4/h5-8,10-21,26-27H,9,22-25H2,1-4H3,(H,42,48)(H,43,49). The number of hydrogen-bond acceptors (Lipinski definition) is 8. The molecule has 2 heterocycles. The van der Waals surface area contributed by atoms with Crippen molar-refractivity contribution in [2.24, 2.45) is 0 Å². The van der Waals surface area contributed by atoms with Gasteiger partial charge in [0.15, 0.2) is 10.3 Å². The van der Waals surface area contributed by atoms with Gasteiger partial charge < -0.3 is 10.6 Å². The number of carbonyl (C=O) groups excluding carboxylic acids is 2. The Kier molecular flexibility index (Phi) is 12.1. The number of para-hydroxylation sites is 2. The molecule has 10 nitrogen and oxygen atoms in total. The second-order valence-corrected chi connectivity index (χ2v) is 15.2. The minimum Gasteiger partial charge on any atom is -0.325 e. The normalized spacial score (nSPS) is 11.4. The van der Waals surface area contributed by atoms with Crippen LogP contribution in [0.3, 0.4) is 0 Å². The Hall–Kier alpha value is -5.20. The Morgan fingerprint density at radius 1 is 0.585 bits per heavy atom. The minimum atomic E-state index is -0.223. The number of amides is 2. The zero-order valence-electron chi connectivity index (χ0n) is 30.2. The fraction of sp³-hybridized carbons (Fsp3) is 0.268. The van der Waals surface area contributed by atoms with Gasteiger partial charge in [0.2, 0.25) is 11.8 Å². The number of carbonyl (C=O) groups is 2. The Morgan fingerprint density at radius 2 is 0.962 bits per heavy atom. The van der Waals surface area contributed by atoms with Gasteiger partial charge in [-0.3, -0.25) is 28.3 Å². The molecule has 0 aliphatic heterocycles. The van der Waals surface area contributed by atoms with Gasteiger partial charge in [0.25, 0.3) is 11.1 Å². The van der Waals surface area contributed by atoms with Gasteiger partial charge >= 0.3 is 0 Å². The summed E-state index contributed by atoms with van der Waals surface area (Å²) >= 11 is 2.38. The van der Waals surface area contributed by atoms with Crippen LogP contribution in [0.1, 0.15) is 57.1 Å². The topological polar surface area (TPSA) is 128 Å². The molecule has 2 N–H and O–H groups in total. The van der Waals surface area contributed by atoms with Crippen LogP contribution in [-0.2, 0) is 22.7 Å². The van der Waals surface area contributed by atoms with Crippen molar-refractivity contribution in [3.63, 3.8) is 0 Å². The number of nitrogens with one attached hydrogen (secondary N) is 2. The van der Waals surface area contributed by atoms with E-state index in [1.165, 1.54) is 34.7 Å². The molecule has 0 aliphatic carbocycles. The monoisotopic (exact) mass is 746 g/mol. The Bertz CT molecular complexity index is 2200. The fourth-order valence-corrected chi connectivity index (χ4v) is 7.50. The van der Waals surface area contributed by atoms with E-state index >= 15 is 0 Å². The predicted molar refractivity (Wildman–Crippen MR) is 216 cm³/mol. The van der Waals surface area contributed by atoms with Crippen LogP contribution in [0.5, 0.6) is 0 Å². The SMILES string of the molecule is CC(C)c1ccc(NC(=O)CSc2nc3ccccc3c(=O)n2CCCn2c(SCC(=O)Nc3ccc(C(C)C)cc3)nc3ccccc3c2=O)cc1. The first kappa shape index (κ1) is 37.6. The molecule has 6 rings (SSSR count). The highest BCUT2D eigenvalue weighted by Gasteiger charge is 2.17. The third-order valence-electron chi connectivity index (χ3n) is 8.80. The summed E-state index contributed by atoms with van der Waals surface area (Å²) in [7, 11) is 0. The zero-order valence-corrected chi connectivity index (χ0v) is 31.8. The molecule has 6 aromatic rings. The summed E-state index contributed by atoms with van der Waals surface area (Å²) < 4.78 is 3.14. The smallest absolute Gasteiger partial charge is 0.262 e. The van der Waals surface area contributed by atoms with Crippen molar-refractivity contribution >= 4 is 68.5 Å². The van der Waals surface area contributed by atoms with Gasteiger partial charge in [0.05, 0.1) is 33.3 Å². The summed E-state index contributed by atoms with van der Waals surface area (Å²) in [4.78, 5) is 63.0. The highest BCUT2D eigenvalue weighted by molar-refractivity contribution is 8.00. The molecule has 0 fully saturated rings. The van der Waals surface area contributed by atoms with Crippen LogP contribution >= 0.6 is 23.5 Å². The molecule has 0 saturated carbocycles. The van der Waals surface area contributed by atoms with Gasteiger partial charge in [-0.25, -0.2) is 9.97 Å². The molecule has 2 amide bonds. The van der Waals surface area contributed by atoms with E-state index in [9.17, 15) is 19.2 Å². The molecule has 0 bridgehead atoms. The van der Waals surface area contributed by atoms with Crippen LogP contribution in [0.4, 0.5) is 11.4 Å². The third-order valence-corrected chi connectivity index (χ3v) is 10.8. The molecule has 53 heavy (non-hydrogen) atoms. The fourth-order valence-electron chi connectivity index (χ4n) is 5.85. The van der Waals surface area contributed by atoms with E-state index in [0.29, 0.717) is 61.8 Å². The maximum absolute atomic E-state index is 13.8. The summed E-state index contributed by atoms with van der Waals surface area (Å²) in [6.45, 7) is 8.95. The molecule has 0 radical (unpaired) electrons. The highest BCUT2D eigenvalue weighted by Crippen LogP contribution is 2.23. The van der Waals surface area contributed by atoms with E-state index in [4.69, 9.17) is 9.97 Å². The number of nitrogens with zero attached hydrogens (tertiary/aromatic N) is 4. The van der Waals surface area contributed by atoms with Crippen LogP contribution in [0.15, 0.2) is 117 Å². The summed E-state index contributed by atoms with van der Waals surface area (Å²) in [5.41, 5.74) is 4.41. The van der Waals surface area contributed by atoms with E-state index < -0.39 is 0 Å². The molecule has 4 aromatic carbocycles. The lowest BCUT2D eigenvalue weighted by molar-refractivity contribution is -0.114. The number of thioether (sulfide) groups is 2.